The number of nitrogens with one attached hydrogen (secondary N) is 1. The lowest BCUT2D eigenvalue weighted by Crippen LogP contribution is -2.48. The van der Waals surface area contributed by atoms with E-state index < -0.39 is 0 Å². The van der Waals surface area contributed by atoms with Crippen LogP contribution < -0.4 is 5.32 Å². The Balaban J connectivity index is 1.29. The number of hydrogen-bond donors (Lipinski definition) is 1. The highest BCUT2D eigenvalue weighted by Gasteiger charge is 2.27. The zero-order chi connectivity index (χ0) is 16.4. The van der Waals surface area contributed by atoms with E-state index in [1.807, 2.05) is 35.2 Å². The molecule has 4 rings (SSSR count). The number of likely N-dealkylation sites (tertiary alicyclic amines) is 1. The van der Waals surface area contributed by atoms with Crippen LogP contribution in [0, 0.1) is 0 Å². The monoisotopic (exact) mass is 320 g/mol. The van der Waals surface area contributed by atoms with Gasteiger partial charge in [-0.3, -0.25) is 4.79 Å². The minimum atomic E-state index is 0.169. The molecule has 1 aliphatic carbocycles. The van der Waals surface area contributed by atoms with Crippen molar-refractivity contribution in [3.8, 4) is 0 Å². The van der Waals surface area contributed by atoms with Crippen molar-refractivity contribution >= 4 is 5.91 Å². The van der Waals surface area contributed by atoms with Crippen molar-refractivity contribution in [2.75, 3.05) is 13.1 Å². The van der Waals surface area contributed by atoms with Crippen molar-refractivity contribution in [2.24, 2.45) is 0 Å². The van der Waals surface area contributed by atoms with Crippen molar-refractivity contribution in [2.45, 2.75) is 37.8 Å². The first-order valence-electron chi connectivity index (χ1n) is 8.97. The molecule has 3 heteroatoms. The van der Waals surface area contributed by atoms with Crippen LogP contribution >= 0.6 is 0 Å². The SMILES string of the molecule is O=C(c1ccccc1)N1CCC(NC2Cc3ccccc3C2)CC1. The predicted molar refractivity (Wildman–Crippen MR) is 96.1 cm³/mol. The lowest BCUT2D eigenvalue weighted by atomic mass is 10.0. The van der Waals surface area contributed by atoms with E-state index in [2.05, 4.69) is 29.6 Å². The molecule has 2 aromatic carbocycles. The Labute approximate surface area is 143 Å². The van der Waals surface area contributed by atoms with Crippen LogP contribution in [0.3, 0.4) is 0 Å². The minimum absolute atomic E-state index is 0.169. The van der Waals surface area contributed by atoms with E-state index in [9.17, 15) is 4.79 Å². The summed E-state index contributed by atoms with van der Waals surface area (Å²) in [5.74, 6) is 0.169. The Bertz CT molecular complexity index is 680. The Morgan fingerprint density at radius 2 is 1.42 bits per heavy atom. The van der Waals surface area contributed by atoms with E-state index in [-0.39, 0.29) is 5.91 Å². The van der Waals surface area contributed by atoms with Gasteiger partial charge in [0.05, 0.1) is 0 Å². The molecule has 2 aliphatic rings. The number of fused-ring (bicyclic) bond motifs is 1. The maximum atomic E-state index is 12.5. The molecular weight excluding hydrogens is 296 g/mol. The van der Waals surface area contributed by atoms with Gasteiger partial charge in [-0.15, -0.1) is 0 Å². The van der Waals surface area contributed by atoms with Gasteiger partial charge in [-0.25, -0.2) is 0 Å². The smallest absolute Gasteiger partial charge is 0.253 e. The summed E-state index contributed by atoms with van der Waals surface area (Å²) in [6, 6.07) is 19.5. The molecule has 1 fully saturated rings. The minimum Gasteiger partial charge on any atom is -0.339 e. The van der Waals surface area contributed by atoms with E-state index in [0.29, 0.717) is 12.1 Å². The molecule has 3 nitrogen and oxygen atoms in total. The summed E-state index contributed by atoms with van der Waals surface area (Å²) in [5.41, 5.74) is 3.79. The maximum Gasteiger partial charge on any atom is 0.253 e. The first-order chi connectivity index (χ1) is 11.8. The largest absolute Gasteiger partial charge is 0.339 e. The fourth-order valence-corrected chi connectivity index (χ4v) is 4.02. The van der Waals surface area contributed by atoms with E-state index >= 15 is 0 Å². The van der Waals surface area contributed by atoms with Crippen molar-refractivity contribution in [3.05, 3.63) is 71.3 Å². The number of piperidine rings is 1. The van der Waals surface area contributed by atoms with Gasteiger partial charge < -0.3 is 10.2 Å². The first-order valence-corrected chi connectivity index (χ1v) is 8.97. The van der Waals surface area contributed by atoms with E-state index in [4.69, 9.17) is 0 Å². The molecular formula is C21H24N2O. The lowest BCUT2D eigenvalue weighted by Gasteiger charge is -2.34. The van der Waals surface area contributed by atoms with Crippen molar-refractivity contribution in [3.63, 3.8) is 0 Å². The summed E-state index contributed by atoms with van der Waals surface area (Å²) in [5, 5.41) is 3.83. The highest BCUT2D eigenvalue weighted by molar-refractivity contribution is 5.94. The number of benzene rings is 2. The molecule has 0 saturated carbocycles. The van der Waals surface area contributed by atoms with Crippen LogP contribution in [-0.2, 0) is 12.8 Å². The van der Waals surface area contributed by atoms with Crippen LogP contribution in [0.5, 0.6) is 0 Å². The van der Waals surface area contributed by atoms with Gasteiger partial charge in [0.2, 0.25) is 0 Å². The molecule has 1 heterocycles. The third kappa shape index (κ3) is 3.22. The van der Waals surface area contributed by atoms with E-state index in [1.54, 1.807) is 0 Å². The van der Waals surface area contributed by atoms with Gasteiger partial charge in [0.1, 0.15) is 0 Å². The molecule has 124 valence electrons. The zero-order valence-corrected chi connectivity index (χ0v) is 13.9. The predicted octanol–water partition coefficient (Wildman–Crippen LogP) is 3.05. The zero-order valence-electron chi connectivity index (χ0n) is 13.9. The van der Waals surface area contributed by atoms with Gasteiger partial charge in [0, 0.05) is 30.7 Å². The molecule has 1 aliphatic heterocycles. The van der Waals surface area contributed by atoms with Gasteiger partial charge in [0.15, 0.2) is 0 Å². The molecule has 0 atom stereocenters. The van der Waals surface area contributed by atoms with Crippen LogP contribution in [0.25, 0.3) is 0 Å². The quantitative estimate of drug-likeness (QED) is 0.943. The summed E-state index contributed by atoms with van der Waals surface area (Å²) in [6.07, 6.45) is 4.37. The summed E-state index contributed by atoms with van der Waals surface area (Å²) >= 11 is 0. The topological polar surface area (TPSA) is 32.3 Å². The van der Waals surface area contributed by atoms with Crippen molar-refractivity contribution < 1.29 is 4.79 Å². The molecule has 1 N–H and O–H groups in total. The highest BCUT2D eigenvalue weighted by Crippen LogP contribution is 2.23. The summed E-state index contributed by atoms with van der Waals surface area (Å²) < 4.78 is 0. The first kappa shape index (κ1) is 15.4. The normalized spacial score (nSPS) is 18.6. The average Bonchev–Trinajstić information content (AvgIpc) is 3.05. The number of hydrogen-bond acceptors (Lipinski definition) is 2. The van der Waals surface area contributed by atoms with Crippen LogP contribution in [0.15, 0.2) is 54.6 Å². The van der Waals surface area contributed by atoms with Crippen molar-refractivity contribution in [1.29, 1.82) is 0 Å². The van der Waals surface area contributed by atoms with Crippen LogP contribution in [-0.4, -0.2) is 36.0 Å². The highest BCUT2D eigenvalue weighted by atomic mass is 16.2. The van der Waals surface area contributed by atoms with Crippen LogP contribution in [0.4, 0.5) is 0 Å². The van der Waals surface area contributed by atoms with Gasteiger partial charge in [-0.2, -0.15) is 0 Å². The van der Waals surface area contributed by atoms with Gasteiger partial charge in [0.25, 0.3) is 5.91 Å². The second-order valence-corrected chi connectivity index (χ2v) is 6.97. The molecule has 0 unspecified atom stereocenters. The number of carbonyl (C=O) groups is 1. The molecule has 1 amide bonds. The Morgan fingerprint density at radius 3 is 2.04 bits per heavy atom. The summed E-state index contributed by atoms with van der Waals surface area (Å²) in [7, 11) is 0. The molecule has 2 aromatic rings. The van der Waals surface area contributed by atoms with Gasteiger partial charge >= 0.3 is 0 Å². The van der Waals surface area contributed by atoms with E-state index in [1.165, 1.54) is 11.1 Å². The number of amides is 1. The Kier molecular flexibility index (Phi) is 4.35. The lowest BCUT2D eigenvalue weighted by molar-refractivity contribution is 0.0702. The van der Waals surface area contributed by atoms with Gasteiger partial charge in [-0.1, -0.05) is 42.5 Å². The third-order valence-corrected chi connectivity index (χ3v) is 5.33. The van der Waals surface area contributed by atoms with Crippen LogP contribution in [0.2, 0.25) is 0 Å². The third-order valence-electron chi connectivity index (χ3n) is 5.33. The number of rotatable bonds is 3. The van der Waals surface area contributed by atoms with Crippen molar-refractivity contribution in [1.82, 2.24) is 10.2 Å². The fraction of sp³-hybridized carbons (Fsp3) is 0.381. The molecule has 1 saturated heterocycles. The second-order valence-electron chi connectivity index (χ2n) is 6.97. The Hall–Kier alpha value is -2.13. The second kappa shape index (κ2) is 6.78. The molecule has 0 radical (unpaired) electrons. The summed E-state index contributed by atoms with van der Waals surface area (Å²) in [6.45, 7) is 1.70. The maximum absolute atomic E-state index is 12.5. The molecule has 0 spiro atoms. The number of nitrogens with zero attached hydrogens (tertiary/aromatic N) is 1. The van der Waals surface area contributed by atoms with Crippen LogP contribution in [0.1, 0.15) is 34.3 Å². The van der Waals surface area contributed by atoms with Gasteiger partial charge in [-0.05, 0) is 48.9 Å². The van der Waals surface area contributed by atoms with E-state index in [0.717, 1.165) is 44.3 Å². The fourth-order valence-electron chi connectivity index (χ4n) is 4.02. The molecule has 0 bridgehead atoms. The molecule has 24 heavy (non-hydrogen) atoms. The average molecular weight is 320 g/mol. The standard InChI is InChI=1S/C21H24N2O/c24-21(16-6-2-1-3-7-16)23-12-10-19(11-13-23)22-20-14-17-8-4-5-9-18(17)15-20/h1-9,19-20,22H,10-15H2. The number of carbonyl (C=O) groups excluding carboxylic acids is 1. The summed E-state index contributed by atoms with van der Waals surface area (Å²) in [4.78, 5) is 14.5. The molecule has 0 aromatic heterocycles. The Morgan fingerprint density at radius 1 is 0.833 bits per heavy atom.